The number of nitrogens with zero attached hydrogens (tertiary/aromatic N) is 6. The van der Waals surface area contributed by atoms with Crippen molar-refractivity contribution in [3.8, 4) is 11.5 Å². The van der Waals surface area contributed by atoms with Gasteiger partial charge in [-0.3, -0.25) is 14.3 Å². The zero-order chi connectivity index (χ0) is 46.6. The van der Waals surface area contributed by atoms with Gasteiger partial charge in [-0.1, -0.05) is 0 Å². The summed E-state index contributed by atoms with van der Waals surface area (Å²) in [4.78, 5) is -1.56. The van der Waals surface area contributed by atoms with Crippen molar-refractivity contribution in [1.82, 2.24) is 0 Å². The van der Waals surface area contributed by atoms with E-state index in [-0.39, 0.29) is 168 Å². The van der Waals surface area contributed by atoms with Crippen molar-refractivity contribution in [2.24, 2.45) is 30.7 Å². The Labute approximate surface area is 479 Å². The zero-order valence-electron chi connectivity index (χ0n) is 35.6. The van der Waals surface area contributed by atoms with Gasteiger partial charge in [0.05, 0.1) is 70.4 Å². The SMILES string of the molecule is COc1ccc(S(=O)(=O)CCSOO[O-])cc1N=Nc1cc(N=Nc2cc(SOO[O-])ccc2S(=O)(=O)[O-])c(N)c(N=Nc2cc(S(=O)(=O)CCOS(=O)(=O)[O-])ccc2OC)c1N.[Na+].[Na+].[Na+].[Na+]. The minimum absolute atomic E-state index is 0. The fourth-order valence-electron chi connectivity index (χ4n) is 4.72. The molecule has 0 aliphatic rings. The molecule has 0 saturated heterocycles. The number of azo groups is 3. The Kier molecular flexibility index (Phi) is 29.7. The van der Waals surface area contributed by atoms with Gasteiger partial charge in [0.15, 0.2) is 19.7 Å². The van der Waals surface area contributed by atoms with Crippen LogP contribution in [0.2, 0.25) is 0 Å². The summed E-state index contributed by atoms with van der Waals surface area (Å²) < 4.78 is 143. The molecule has 0 spiro atoms. The molecule has 0 unspecified atom stereocenters. The van der Waals surface area contributed by atoms with Gasteiger partial charge in [-0.15, -0.1) is 30.7 Å². The van der Waals surface area contributed by atoms with Crippen LogP contribution in [0.5, 0.6) is 11.5 Å². The van der Waals surface area contributed by atoms with E-state index in [1.807, 2.05) is 0 Å². The normalized spacial score (nSPS) is 12.0. The van der Waals surface area contributed by atoms with Gasteiger partial charge in [0.25, 0.3) is 0 Å². The second-order valence-electron chi connectivity index (χ2n) is 11.5. The molecule has 67 heavy (non-hydrogen) atoms. The van der Waals surface area contributed by atoms with Crippen LogP contribution in [0, 0.1) is 0 Å². The third kappa shape index (κ3) is 19.9. The van der Waals surface area contributed by atoms with E-state index in [9.17, 15) is 53.3 Å². The van der Waals surface area contributed by atoms with E-state index >= 15 is 0 Å². The number of methoxy groups -OCH3 is 2. The smallest absolute Gasteiger partial charge is 0.744 e. The summed E-state index contributed by atoms with van der Waals surface area (Å²) in [5.41, 5.74) is 9.79. The van der Waals surface area contributed by atoms with Crippen LogP contribution in [0.15, 0.2) is 111 Å². The number of anilines is 2. The van der Waals surface area contributed by atoms with Crippen molar-refractivity contribution in [2.45, 2.75) is 19.6 Å². The standard InChI is InChI=1S/C30H32N8O19S6.4Na/c1-51-25-7-5-19(61(43,44)12-10-58-56-54-39)15-20(25)33-36-23-16-24(37-35-22-13-17(59-57-55-40)3-8-27(22)62(45,46)47)29(32)30(28(23)31)38-34-21-14-18(4-6-26(21)52-2)60(41,42)11-9-53-63(48,49)50;;;;/h3-8,13-16,39-40H,9-12,31-32H2,1-2H3,(H,45,46,47)(H,48,49,50);;;;/q;4*+1/p-4. The predicted octanol–water partition coefficient (Wildman–Crippen LogP) is -8.84. The Morgan fingerprint density at radius 2 is 1.06 bits per heavy atom. The quantitative estimate of drug-likeness (QED) is 0.00801. The number of nitrogen functional groups attached to an aromatic ring is 2. The summed E-state index contributed by atoms with van der Waals surface area (Å²) in [7, 11) is -16.3. The van der Waals surface area contributed by atoms with Crippen molar-refractivity contribution < 1.29 is 204 Å². The number of rotatable bonds is 23. The van der Waals surface area contributed by atoms with Gasteiger partial charge in [0.2, 0.25) is 10.4 Å². The summed E-state index contributed by atoms with van der Waals surface area (Å²) in [6, 6.07) is 10.8. The Morgan fingerprint density at radius 3 is 1.54 bits per heavy atom. The molecule has 37 heteroatoms. The molecule has 0 fully saturated rings. The van der Waals surface area contributed by atoms with Crippen LogP contribution in [0.3, 0.4) is 0 Å². The van der Waals surface area contributed by atoms with E-state index in [2.05, 4.69) is 53.6 Å². The maximum Gasteiger partial charge on any atom is 1.00 e. The van der Waals surface area contributed by atoms with Crippen molar-refractivity contribution in [1.29, 1.82) is 0 Å². The van der Waals surface area contributed by atoms with Crippen LogP contribution in [0.25, 0.3) is 0 Å². The van der Waals surface area contributed by atoms with Gasteiger partial charge in [0, 0.05) is 22.7 Å². The number of hydrogen-bond donors (Lipinski definition) is 2. The number of nitrogens with two attached hydrogens (primary N) is 2. The number of ether oxygens (including phenoxy) is 2. The molecule has 0 aliphatic carbocycles. The first-order valence-electron chi connectivity index (χ1n) is 16.3. The average molecular weight is 1090 g/mol. The number of benzene rings is 4. The minimum Gasteiger partial charge on any atom is -0.744 e. The average Bonchev–Trinajstić information content (AvgIpc) is 3.22. The molecule has 0 radical (unpaired) electrons. The molecule has 0 heterocycles. The van der Waals surface area contributed by atoms with Crippen LogP contribution >= 0.6 is 24.1 Å². The van der Waals surface area contributed by atoms with E-state index in [4.69, 9.17) is 20.9 Å². The first-order chi connectivity index (χ1) is 29.6. The van der Waals surface area contributed by atoms with E-state index in [0.29, 0.717) is 24.1 Å². The van der Waals surface area contributed by atoms with Gasteiger partial charge >= 0.3 is 118 Å². The number of hydrogen-bond acceptors (Lipinski definition) is 29. The van der Waals surface area contributed by atoms with Crippen LogP contribution in [0.4, 0.5) is 45.5 Å². The molecule has 0 saturated carbocycles. The Bertz CT molecular complexity index is 2870. The molecule has 0 atom stereocenters. The van der Waals surface area contributed by atoms with Crippen LogP contribution in [0.1, 0.15) is 0 Å². The van der Waals surface area contributed by atoms with Gasteiger partial charge in [-0.05, 0) is 60.7 Å². The van der Waals surface area contributed by atoms with E-state index in [0.717, 1.165) is 42.5 Å². The summed E-state index contributed by atoms with van der Waals surface area (Å²) in [5, 5.41) is 51.0. The summed E-state index contributed by atoms with van der Waals surface area (Å²) in [5.74, 6) is -1.70. The minimum atomic E-state index is -5.20. The number of sulfone groups is 2. The van der Waals surface area contributed by atoms with Gasteiger partial charge < -0.3 is 40.6 Å². The Hall–Kier alpha value is -0.980. The summed E-state index contributed by atoms with van der Waals surface area (Å²) >= 11 is 0.770. The fourth-order valence-corrected chi connectivity index (χ4v) is 9.26. The third-order valence-electron chi connectivity index (χ3n) is 7.59. The first kappa shape index (κ1) is 66.0. The molecule has 342 valence electrons. The van der Waals surface area contributed by atoms with E-state index < -0.39 is 90.8 Å². The predicted molar refractivity (Wildman–Crippen MR) is 211 cm³/mol. The molecule has 27 nitrogen and oxygen atoms in total. The summed E-state index contributed by atoms with van der Waals surface area (Å²) in [6.07, 6.45) is 0. The van der Waals surface area contributed by atoms with Crippen molar-refractivity contribution in [3.63, 3.8) is 0 Å². The van der Waals surface area contributed by atoms with E-state index in [1.54, 1.807) is 0 Å². The third-order valence-corrected chi connectivity index (χ3v) is 13.7. The molecular weight excluding hydrogens is 1060 g/mol. The Balaban J connectivity index is 0.0000109. The molecular formula is C30H28N8Na4O19S6. The fraction of sp³-hybridized carbons (Fsp3) is 0.200. The summed E-state index contributed by atoms with van der Waals surface area (Å²) in [6.45, 7) is -1.00. The van der Waals surface area contributed by atoms with Crippen molar-refractivity contribution in [3.05, 3.63) is 60.7 Å². The van der Waals surface area contributed by atoms with Gasteiger partial charge in [-0.2, -0.15) is 8.67 Å². The van der Waals surface area contributed by atoms with Crippen LogP contribution in [-0.4, -0.2) is 80.9 Å². The molecule has 4 N–H and O–H groups in total. The molecule has 4 aromatic rings. The van der Waals surface area contributed by atoms with Gasteiger partial charge in [0.1, 0.15) is 55.7 Å². The molecule has 0 aromatic heterocycles. The molecule has 0 amide bonds. The first-order valence-corrected chi connectivity index (χ1v) is 24.0. The molecule has 0 aliphatic heterocycles. The second kappa shape index (κ2) is 30.1. The second-order valence-corrected chi connectivity index (χ2v) is 19.7. The van der Waals surface area contributed by atoms with E-state index in [1.165, 1.54) is 32.4 Å². The topological polar surface area (TPSA) is 420 Å². The molecule has 0 bridgehead atoms. The van der Waals surface area contributed by atoms with Crippen LogP contribution < -0.4 is 150 Å². The van der Waals surface area contributed by atoms with Crippen molar-refractivity contribution >= 4 is 110 Å². The molecule has 4 rings (SSSR count). The van der Waals surface area contributed by atoms with Crippen molar-refractivity contribution in [2.75, 3.05) is 49.6 Å². The maximum atomic E-state index is 13.0. The maximum absolute atomic E-state index is 13.0. The largest absolute Gasteiger partial charge is 1.00 e. The van der Waals surface area contributed by atoms with Crippen LogP contribution in [-0.2, 0) is 63.1 Å². The monoisotopic (exact) mass is 1090 g/mol. The zero-order valence-corrected chi connectivity index (χ0v) is 48.5. The Morgan fingerprint density at radius 1 is 0.582 bits per heavy atom. The molecule has 4 aromatic carbocycles. The van der Waals surface area contributed by atoms with Gasteiger partial charge in [-0.25, -0.2) is 33.7 Å².